The van der Waals surface area contributed by atoms with Crippen LogP contribution in [0.3, 0.4) is 0 Å². The summed E-state index contributed by atoms with van der Waals surface area (Å²) < 4.78 is 5.47. The molecule has 0 atom stereocenters. The molecular weight excluding hydrogens is 274 g/mol. The third-order valence-corrected chi connectivity index (χ3v) is 5.69. The molecule has 2 aliphatic heterocycles. The molecule has 0 radical (unpaired) electrons. The van der Waals surface area contributed by atoms with Crippen LogP contribution >= 0.6 is 0 Å². The smallest absolute Gasteiger partial charge is 0.140 e. The largest absolute Gasteiger partial charge is 0.381 e. The lowest BCUT2D eigenvalue weighted by molar-refractivity contribution is -0.124. The number of likely N-dealkylation sites (tertiary alicyclic amines) is 1. The molecule has 0 N–H and O–H groups in total. The highest BCUT2D eigenvalue weighted by atomic mass is 16.5. The number of aryl methyl sites for hydroxylation is 1. The van der Waals surface area contributed by atoms with Gasteiger partial charge in [0, 0.05) is 19.3 Å². The van der Waals surface area contributed by atoms with Gasteiger partial charge in [0.05, 0.1) is 5.41 Å². The summed E-state index contributed by atoms with van der Waals surface area (Å²) in [5.74, 6) is 0.327. The fraction of sp³-hybridized carbons (Fsp3) is 0.632. The number of ketones is 1. The molecule has 0 aromatic heterocycles. The van der Waals surface area contributed by atoms with E-state index in [9.17, 15) is 4.79 Å². The van der Waals surface area contributed by atoms with Crippen LogP contribution in [0.25, 0.3) is 0 Å². The number of rotatable bonds is 3. The molecule has 0 aliphatic carbocycles. The van der Waals surface area contributed by atoms with Crippen molar-refractivity contribution in [3.63, 3.8) is 0 Å². The van der Waals surface area contributed by atoms with Gasteiger partial charge in [-0.05, 0) is 63.7 Å². The number of carbonyl (C=O) groups excluding carboxylic acids is 1. The van der Waals surface area contributed by atoms with Crippen molar-refractivity contribution in [2.24, 2.45) is 0 Å². The first-order valence-corrected chi connectivity index (χ1v) is 8.52. The van der Waals surface area contributed by atoms with Gasteiger partial charge in [-0.2, -0.15) is 0 Å². The SMILES string of the molecule is CC(=O)C1(c2ccccc2C)CCN(C2CCOCC2)CC1. The fourth-order valence-corrected chi connectivity index (χ4v) is 4.24. The summed E-state index contributed by atoms with van der Waals surface area (Å²) in [6.45, 7) is 7.73. The zero-order valence-corrected chi connectivity index (χ0v) is 13.8. The molecule has 0 spiro atoms. The predicted octanol–water partition coefficient (Wildman–Crippen LogP) is 3.10. The highest BCUT2D eigenvalue weighted by molar-refractivity contribution is 5.88. The zero-order chi connectivity index (χ0) is 15.6. The minimum absolute atomic E-state index is 0.271. The van der Waals surface area contributed by atoms with Crippen molar-refractivity contribution in [1.29, 1.82) is 0 Å². The number of nitrogens with zero attached hydrogens (tertiary/aromatic N) is 1. The fourth-order valence-electron chi connectivity index (χ4n) is 4.24. The van der Waals surface area contributed by atoms with E-state index in [-0.39, 0.29) is 5.41 Å². The lowest BCUT2D eigenvalue weighted by Gasteiger charge is -2.45. The molecule has 3 nitrogen and oxygen atoms in total. The second-order valence-corrected chi connectivity index (χ2v) is 6.83. The van der Waals surface area contributed by atoms with Crippen molar-refractivity contribution >= 4 is 5.78 Å². The van der Waals surface area contributed by atoms with E-state index >= 15 is 0 Å². The van der Waals surface area contributed by atoms with Crippen molar-refractivity contribution in [2.45, 2.75) is 51.0 Å². The molecule has 2 heterocycles. The first-order chi connectivity index (χ1) is 10.6. The van der Waals surface area contributed by atoms with Gasteiger partial charge in [-0.25, -0.2) is 0 Å². The number of benzene rings is 1. The summed E-state index contributed by atoms with van der Waals surface area (Å²) in [5.41, 5.74) is 2.22. The number of hydrogen-bond donors (Lipinski definition) is 0. The van der Waals surface area contributed by atoms with Gasteiger partial charge in [0.25, 0.3) is 0 Å². The van der Waals surface area contributed by atoms with Crippen molar-refractivity contribution < 1.29 is 9.53 Å². The second-order valence-electron chi connectivity index (χ2n) is 6.83. The Labute approximate surface area is 133 Å². The third-order valence-electron chi connectivity index (χ3n) is 5.69. The van der Waals surface area contributed by atoms with Gasteiger partial charge in [0.2, 0.25) is 0 Å². The number of Topliss-reactive ketones (excluding diaryl/α,β-unsaturated/α-hetero) is 1. The molecule has 1 aromatic rings. The Morgan fingerprint density at radius 2 is 1.82 bits per heavy atom. The minimum Gasteiger partial charge on any atom is -0.381 e. The van der Waals surface area contributed by atoms with E-state index in [1.807, 2.05) is 0 Å². The Morgan fingerprint density at radius 3 is 2.41 bits per heavy atom. The second kappa shape index (κ2) is 6.51. The molecule has 2 saturated heterocycles. The van der Waals surface area contributed by atoms with Crippen molar-refractivity contribution in [1.82, 2.24) is 4.90 Å². The predicted molar refractivity (Wildman–Crippen MR) is 88.2 cm³/mol. The normalized spacial score (nSPS) is 23.4. The van der Waals surface area contributed by atoms with Gasteiger partial charge < -0.3 is 9.64 Å². The molecule has 22 heavy (non-hydrogen) atoms. The maximum atomic E-state index is 12.5. The van der Waals surface area contributed by atoms with E-state index in [2.05, 4.69) is 36.1 Å². The molecule has 2 fully saturated rings. The first kappa shape index (κ1) is 15.7. The lowest BCUT2D eigenvalue weighted by Crippen LogP contribution is -2.51. The van der Waals surface area contributed by atoms with Crippen LogP contribution in [0.2, 0.25) is 0 Å². The molecule has 1 aromatic carbocycles. The Hall–Kier alpha value is -1.19. The molecular formula is C19H27NO2. The zero-order valence-electron chi connectivity index (χ0n) is 13.8. The van der Waals surface area contributed by atoms with Gasteiger partial charge in [-0.3, -0.25) is 4.79 Å². The summed E-state index contributed by atoms with van der Waals surface area (Å²) in [6, 6.07) is 9.06. The lowest BCUT2D eigenvalue weighted by atomic mass is 9.68. The quantitative estimate of drug-likeness (QED) is 0.859. The van der Waals surface area contributed by atoms with E-state index in [0.717, 1.165) is 52.0 Å². The Bertz CT molecular complexity index is 526. The van der Waals surface area contributed by atoms with Crippen LogP contribution in [0.1, 0.15) is 43.7 Å². The van der Waals surface area contributed by atoms with Crippen LogP contribution in [0.5, 0.6) is 0 Å². The van der Waals surface area contributed by atoms with E-state index in [1.54, 1.807) is 6.92 Å². The number of ether oxygens (including phenoxy) is 1. The summed E-state index contributed by atoms with van der Waals surface area (Å²) in [5, 5.41) is 0. The molecule has 120 valence electrons. The summed E-state index contributed by atoms with van der Waals surface area (Å²) in [6.07, 6.45) is 4.17. The van der Waals surface area contributed by atoms with Gasteiger partial charge in [-0.15, -0.1) is 0 Å². The molecule has 2 aliphatic rings. The molecule has 0 saturated carbocycles. The van der Waals surface area contributed by atoms with Gasteiger partial charge in [-0.1, -0.05) is 24.3 Å². The summed E-state index contributed by atoms with van der Waals surface area (Å²) in [7, 11) is 0. The maximum absolute atomic E-state index is 12.5. The topological polar surface area (TPSA) is 29.5 Å². The maximum Gasteiger partial charge on any atom is 0.140 e. The third kappa shape index (κ3) is 2.84. The van der Waals surface area contributed by atoms with Crippen LogP contribution in [0, 0.1) is 6.92 Å². The molecule has 3 rings (SSSR count). The monoisotopic (exact) mass is 301 g/mol. The number of carbonyl (C=O) groups is 1. The highest BCUT2D eigenvalue weighted by Crippen LogP contribution is 2.39. The number of piperidine rings is 1. The van der Waals surface area contributed by atoms with Crippen LogP contribution < -0.4 is 0 Å². The Kier molecular flexibility index (Phi) is 4.65. The van der Waals surface area contributed by atoms with Crippen molar-refractivity contribution in [3.8, 4) is 0 Å². The average Bonchev–Trinajstić information content (AvgIpc) is 2.56. The first-order valence-electron chi connectivity index (χ1n) is 8.52. The van der Waals surface area contributed by atoms with Gasteiger partial charge in [0.15, 0.2) is 0 Å². The molecule has 0 unspecified atom stereocenters. The van der Waals surface area contributed by atoms with Crippen molar-refractivity contribution in [2.75, 3.05) is 26.3 Å². The van der Waals surface area contributed by atoms with E-state index in [4.69, 9.17) is 4.74 Å². The van der Waals surface area contributed by atoms with Crippen molar-refractivity contribution in [3.05, 3.63) is 35.4 Å². The van der Waals surface area contributed by atoms with E-state index < -0.39 is 0 Å². The van der Waals surface area contributed by atoms with Crippen LogP contribution in [-0.2, 0) is 14.9 Å². The van der Waals surface area contributed by atoms with Gasteiger partial charge >= 0.3 is 0 Å². The van der Waals surface area contributed by atoms with E-state index in [0.29, 0.717) is 11.8 Å². The highest BCUT2D eigenvalue weighted by Gasteiger charge is 2.42. The Balaban J connectivity index is 1.78. The average molecular weight is 301 g/mol. The standard InChI is InChI=1S/C19H27NO2/c1-15-5-3-4-6-18(15)19(16(2)21)9-11-20(12-10-19)17-7-13-22-14-8-17/h3-6,17H,7-14H2,1-2H3. The Morgan fingerprint density at radius 1 is 1.18 bits per heavy atom. The molecule has 0 bridgehead atoms. The summed E-state index contributed by atoms with van der Waals surface area (Å²) >= 11 is 0. The van der Waals surface area contributed by atoms with Crippen LogP contribution in [0.4, 0.5) is 0 Å². The minimum atomic E-state index is -0.271. The van der Waals surface area contributed by atoms with Crippen LogP contribution in [0.15, 0.2) is 24.3 Å². The van der Waals surface area contributed by atoms with E-state index in [1.165, 1.54) is 11.1 Å². The van der Waals surface area contributed by atoms with Gasteiger partial charge in [0.1, 0.15) is 5.78 Å². The number of hydrogen-bond acceptors (Lipinski definition) is 3. The van der Waals surface area contributed by atoms with Crippen LogP contribution in [-0.4, -0.2) is 43.0 Å². The summed E-state index contributed by atoms with van der Waals surface area (Å²) in [4.78, 5) is 15.1. The molecule has 0 amide bonds. The molecule has 3 heteroatoms.